The number of halogens is 3. The summed E-state index contributed by atoms with van der Waals surface area (Å²) >= 11 is 0. The van der Waals surface area contributed by atoms with Crippen molar-refractivity contribution in [2.24, 2.45) is 5.92 Å². The third-order valence-corrected chi connectivity index (χ3v) is 3.81. The molecule has 1 aliphatic heterocycles. The molecule has 1 aromatic rings. The topological polar surface area (TPSA) is 29.5 Å². The first-order valence-electron chi connectivity index (χ1n) is 6.86. The van der Waals surface area contributed by atoms with Gasteiger partial charge >= 0.3 is 6.18 Å². The summed E-state index contributed by atoms with van der Waals surface area (Å²) in [5.41, 5.74) is 0.521. The van der Waals surface area contributed by atoms with Crippen molar-refractivity contribution in [1.82, 2.24) is 4.90 Å². The van der Waals surface area contributed by atoms with Crippen molar-refractivity contribution in [3.8, 4) is 5.75 Å². The Hall–Kier alpha value is -1.56. The zero-order valence-corrected chi connectivity index (χ0v) is 11.8. The van der Waals surface area contributed by atoms with Gasteiger partial charge in [0.05, 0.1) is 19.6 Å². The SMILES string of the molecule is COc1cccc(C(=O)CN2CCC(C(F)(F)F)CC2)c1. The van der Waals surface area contributed by atoms with Gasteiger partial charge in [0.15, 0.2) is 5.78 Å². The van der Waals surface area contributed by atoms with Crippen LogP contribution in [0.4, 0.5) is 13.2 Å². The lowest BCUT2D eigenvalue weighted by Crippen LogP contribution is -2.41. The molecule has 0 amide bonds. The summed E-state index contributed by atoms with van der Waals surface area (Å²) in [5, 5.41) is 0. The molecule has 0 saturated carbocycles. The smallest absolute Gasteiger partial charge is 0.391 e. The van der Waals surface area contributed by atoms with Crippen LogP contribution in [-0.2, 0) is 0 Å². The van der Waals surface area contributed by atoms with Gasteiger partial charge in [-0.1, -0.05) is 12.1 Å². The second-order valence-electron chi connectivity index (χ2n) is 5.25. The number of hydrogen-bond acceptors (Lipinski definition) is 3. The summed E-state index contributed by atoms with van der Waals surface area (Å²) in [5.74, 6) is -0.739. The Morgan fingerprint density at radius 1 is 1.33 bits per heavy atom. The minimum Gasteiger partial charge on any atom is -0.497 e. The van der Waals surface area contributed by atoms with E-state index in [1.165, 1.54) is 7.11 Å². The minimum absolute atomic E-state index is 0.0644. The summed E-state index contributed by atoms with van der Waals surface area (Å²) in [6.07, 6.45) is -3.99. The standard InChI is InChI=1S/C15H18F3NO2/c1-21-13-4-2-3-11(9-13)14(20)10-19-7-5-12(6-8-19)15(16,17)18/h2-4,9,12H,5-8,10H2,1H3. The molecular weight excluding hydrogens is 283 g/mol. The molecule has 0 aromatic heterocycles. The summed E-state index contributed by atoms with van der Waals surface area (Å²) in [7, 11) is 1.52. The quantitative estimate of drug-likeness (QED) is 0.800. The van der Waals surface area contributed by atoms with Crippen molar-refractivity contribution in [3.05, 3.63) is 29.8 Å². The fourth-order valence-corrected chi connectivity index (χ4v) is 2.51. The normalized spacial score (nSPS) is 17.7. The molecule has 1 heterocycles. The summed E-state index contributed by atoms with van der Waals surface area (Å²) in [6, 6.07) is 6.80. The van der Waals surface area contributed by atoms with Crippen LogP contribution in [0.25, 0.3) is 0 Å². The number of benzene rings is 1. The highest BCUT2D eigenvalue weighted by atomic mass is 19.4. The lowest BCUT2D eigenvalue weighted by molar-refractivity contribution is -0.184. The maximum Gasteiger partial charge on any atom is 0.391 e. The zero-order valence-electron chi connectivity index (χ0n) is 11.8. The Bertz CT molecular complexity index is 494. The monoisotopic (exact) mass is 301 g/mol. The van der Waals surface area contributed by atoms with Crippen molar-refractivity contribution < 1.29 is 22.7 Å². The Labute approximate surface area is 121 Å². The van der Waals surface area contributed by atoms with Gasteiger partial charge in [-0.2, -0.15) is 13.2 Å². The average Bonchev–Trinajstić information content (AvgIpc) is 2.47. The van der Waals surface area contributed by atoms with Gasteiger partial charge in [0.2, 0.25) is 0 Å². The van der Waals surface area contributed by atoms with E-state index in [2.05, 4.69) is 0 Å². The van der Waals surface area contributed by atoms with E-state index in [1.54, 1.807) is 29.2 Å². The number of alkyl halides is 3. The number of hydrogen-bond donors (Lipinski definition) is 0. The van der Waals surface area contributed by atoms with Crippen LogP contribution in [0.15, 0.2) is 24.3 Å². The molecule has 6 heteroatoms. The first kappa shape index (κ1) is 15.8. The van der Waals surface area contributed by atoms with Crippen LogP contribution in [0.2, 0.25) is 0 Å². The lowest BCUT2D eigenvalue weighted by atomic mass is 9.96. The van der Waals surface area contributed by atoms with E-state index in [4.69, 9.17) is 4.74 Å². The number of rotatable bonds is 4. The van der Waals surface area contributed by atoms with Gasteiger partial charge in [-0.15, -0.1) is 0 Å². The fourth-order valence-electron chi connectivity index (χ4n) is 2.51. The Morgan fingerprint density at radius 3 is 2.57 bits per heavy atom. The molecule has 1 saturated heterocycles. The van der Waals surface area contributed by atoms with Crippen molar-refractivity contribution >= 4 is 5.78 Å². The van der Waals surface area contributed by atoms with E-state index in [0.29, 0.717) is 24.4 Å². The largest absolute Gasteiger partial charge is 0.497 e. The molecule has 3 nitrogen and oxygen atoms in total. The summed E-state index contributed by atoms with van der Waals surface area (Å²) in [4.78, 5) is 13.9. The molecule has 1 fully saturated rings. The van der Waals surface area contributed by atoms with E-state index in [1.807, 2.05) is 0 Å². The van der Waals surface area contributed by atoms with E-state index >= 15 is 0 Å². The third kappa shape index (κ3) is 4.20. The van der Waals surface area contributed by atoms with Crippen LogP contribution in [0, 0.1) is 5.92 Å². The first-order chi connectivity index (χ1) is 9.90. The van der Waals surface area contributed by atoms with E-state index < -0.39 is 12.1 Å². The number of piperidine rings is 1. The van der Waals surface area contributed by atoms with Gasteiger partial charge in [-0.3, -0.25) is 9.69 Å². The predicted octanol–water partition coefficient (Wildman–Crippen LogP) is 3.15. The molecule has 116 valence electrons. The number of carbonyl (C=O) groups excluding carboxylic acids is 1. The van der Waals surface area contributed by atoms with Crippen molar-refractivity contribution in [2.45, 2.75) is 19.0 Å². The molecule has 1 aliphatic rings. The highest BCUT2D eigenvalue weighted by molar-refractivity contribution is 5.97. The Morgan fingerprint density at radius 2 is 2.00 bits per heavy atom. The van der Waals surface area contributed by atoms with Crippen molar-refractivity contribution in [3.63, 3.8) is 0 Å². The Balaban J connectivity index is 1.89. The molecule has 0 atom stereocenters. The lowest BCUT2D eigenvalue weighted by Gasteiger charge is -2.32. The van der Waals surface area contributed by atoms with Gasteiger partial charge in [0, 0.05) is 5.56 Å². The van der Waals surface area contributed by atoms with E-state index in [9.17, 15) is 18.0 Å². The third-order valence-electron chi connectivity index (χ3n) is 3.81. The number of ether oxygens (including phenoxy) is 1. The predicted molar refractivity (Wildman–Crippen MR) is 72.5 cm³/mol. The van der Waals surface area contributed by atoms with Gasteiger partial charge < -0.3 is 4.74 Å². The van der Waals surface area contributed by atoms with Crippen LogP contribution in [-0.4, -0.2) is 43.6 Å². The van der Waals surface area contributed by atoms with Crippen molar-refractivity contribution in [2.75, 3.05) is 26.7 Å². The highest BCUT2D eigenvalue weighted by Gasteiger charge is 2.41. The van der Waals surface area contributed by atoms with Gasteiger partial charge in [-0.25, -0.2) is 0 Å². The summed E-state index contributed by atoms with van der Waals surface area (Å²) < 4.78 is 42.8. The molecule has 0 bridgehead atoms. The van der Waals surface area contributed by atoms with E-state index in [0.717, 1.165) is 0 Å². The van der Waals surface area contributed by atoms with Crippen LogP contribution >= 0.6 is 0 Å². The number of methoxy groups -OCH3 is 1. The van der Waals surface area contributed by atoms with Crippen LogP contribution in [0.3, 0.4) is 0 Å². The number of nitrogens with zero attached hydrogens (tertiary/aromatic N) is 1. The second kappa shape index (κ2) is 6.47. The number of Topliss-reactive ketones (excluding diaryl/α,β-unsaturated/α-hetero) is 1. The molecular formula is C15H18F3NO2. The van der Waals surface area contributed by atoms with Gasteiger partial charge in [-0.05, 0) is 38.1 Å². The van der Waals surface area contributed by atoms with E-state index in [-0.39, 0.29) is 25.2 Å². The molecule has 1 aromatic carbocycles. The molecule has 0 unspecified atom stereocenters. The van der Waals surface area contributed by atoms with Crippen molar-refractivity contribution in [1.29, 1.82) is 0 Å². The number of ketones is 1. The van der Waals surface area contributed by atoms with Crippen LogP contribution in [0.1, 0.15) is 23.2 Å². The van der Waals surface area contributed by atoms with Gasteiger partial charge in [0.25, 0.3) is 0 Å². The summed E-state index contributed by atoms with van der Waals surface area (Å²) in [6.45, 7) is 0.761. The van der Waals surface area contributed by atoms with Crippen LogP contribution in [0.5, 0.6) is 5.75 Å². The number of carbonyl (C=O) groups is 1. The maximum absolute atomic E-state index is 12.6. The maximum atomic E-state index is 12.6. The zero-order chi connectivity index (χ0) is 15.5. The minimum atomic E-state index is -4.12. The molecule has 21 heavy (non-hydrogen) atoms. The second-order valence-corrected chi connectivity index (χ2v) is 5.25. The highest BCUT2D eigenvalue weighted by Crippen LogP contribution is 2.34. The molecule has 0 aliphatic carbocycles. The first-order valence-corrected chi connectivity index (χ1v) is 6.86. The molecule has 2 rings (SSSR count). The molecule has 0 spiro atoms. The van der Waals surface area contributed by atoms with Crippen LogP contribution < -0.4 is 4.74 Å². The Kier molecular flexibility index (Phi) is 4.88. The molecule has 0 N–H and O–H groups in total. The molecule has 0 radical (unpaired) electrons. The van der Waals surface area contributed by atoms with Gasteiger partial charge in [0.1, 0.15) is 5.75 Å². The fraction of sp³-hybridized carbons (Fsp3) is 0.533. The number of likely N-dealkylation sites (tertiary alicyclic amines) is 1. The average molecular weight is 301 g/mol.